The van der Waals surface area contributed by atoms with Gasteiger partial charge in [-0.15, -0.1) is 0 Å². The van der Waals surface area contributed by atoms with E-state index in [-0.39, 0.29) is 6.10 Å². The van der Waals surface area contributed by atoms with E-state index in [4.69, 9.17) is 16.3 Å². The number of hydrogen-bond acceptors (Lipinski definition) is 2. The minimum Gasteiger partial charge on any atom is -0.488 e. The SMILES string of the molecule is Cc1cc(C)cc(C(O)C(C)Oc2cccc(Cl)c2)c1. The molecule has 0 bridgehead atoms. The van der Waals surface area contributed by atoms with Crippen LogP contribution in [0.3, 0.4) is 0 Å². The number of rotatable bonds is 4. The van der Waals surface area contributed by atoms with Gasteiger partial charge < -0.3 is 9.84 Å². The number of halogens is 1. The smallest absolute Gasteiger partial charge is 0.126 e. The molecule has 2 rings (SSSR count). The van der Waals surface area contributed by atoms with Crippen LogP contribution in [0.4, 0.5) is 0 Å². The van der Waals surface area contributed by atoms with Crippen LogP contribution in [-0.4, -0.2) is 11.2 Å². The van der Waals surface area contributed by atoms with Crippen LogP contribution in [0, 0.1) is 13.8 Å². The van der Waals surface area contributed by atoms with Gasteiger partial charge in [-0.2, -0.15) is 0 Å². The van der Waals surface area contributed by atoms with Crippen molar-refractivity contribution < 1.29 is 9.84 Å². The monoisotopic (exact) mass is 290 g/mol. The Morgan fingerprint density at radius 1 is 1.05 bits per heavy atom. The topological polar surface area (TPSA) is 29.5 Å². The molecule has 3 heteroatoms. The van der Waals surface area contributed by atoms with Crippen LogP contribution in [-0.2, 0) is 0 Å². The van der Waals surface area contributed by atoms with E-state index in [9.17, 15) is 5.11 Å². The number of aliphatic hydroxyl groups is 1. The van der Waals surface area contributed by atoms with Crippen molar-refractivity contribution in [3.05, 3.63) is 64.2 Å². The van der Waals surface area contributed by atoms with Crippen LogP contribution in [0.2, 0.25) is 5.02 Å². The molecule has 0 fully saturated rings. The van der Waals surface area contributed by atoms with Gasteiger partial charge in [0.2, 0.25) is 0 Å². The Morgan fingerprint density at radius 2 is 1.70 bits per heavy atom. The number of hydrogen-bond donors (Lipinski definition) is 1. The summed E-state index contributed by atoms with van der Waals surface area (Å²) in [5.74, 6) is 0.661. The summed E-state index contributed by atoms with van der Waals surface area (Å²) >= 11 is 5.92. The first-order valence-electron chi connectivity index (χ1n) is 6.64. The highest BCUT2D eigenvalue weighted by molar-refractivity contribution is 6.30. The van der Waals surface area contributed by atoms with Gasteiger partial charge in [-0.3, -0.25) is 0 Å². The molecule has 2 unspecified atom stereocenters. The second kappa shape index (κ2) is 6.29. The average molecular weight is 291 g/mol. The maximum atomic E-state index is 10.4. The minimum absolute atomic E-state index is 0.352. The van der Waals surface area contributed by atoms with Crippen molar-refractivity contribution in [2.75, 3.05) is 0 Å². The highest BCUT2D eigenvalue weighted by Crippen LogP contribution is 2.25. The lowest BCUT2D eigenvalue weighted by Gasteiger charge is -2.21. The van der Waals surface area contributed by atoms with E-state index in [1.54, 1.807) is 12.1 Å². The van der Waals surface area contributed by atoms with Gasteiger partial charge in [0.25, 0.3) is 0 Å². The number of aryl methyl sites for hydroxylation is 2. The van der Waals surface area contributed by atoms with Crippen molar-refractivity contribution in [2.24, 2.45) is 0 Å². The second-order valence-corrected chi connectivity index (χ2v) is 5.58. The number of ether oxygens (including phenoxy) is 1. The van der Waals surface area contributed by atoms with Gasteiger partial charge in [0.15, 0.2) is 0 Å². The van der Waals surface area contributed by atoms with E-state index in [2.05, 4.69) is 6.07 Å². The quantitative estimate of drug-likeness (QED) is 0.901. The van der Waals surface area contributed by atoms with Crippen molar-refractivity contribution in [1.29, 1.82) is 0 Å². The Balaban J connectivity index is 2.14. The zero-order valence-corrected chi connectivity index (χ0v) is 12.7. The lowest BCUT2D eigenvalue weighted by atomic mass is 10.0. The van der Waals surface area contributed by atoms with E-state index in [0.29, 0.717) is 10.8 Å². The van der Waals surface area contributed by atoms with Gasteiger partial charge in [0.05, 0.1) is 0 Å². The van der Waals surface area contributed by atoms with Gasteiger partial charge in [0.1, 0.15) is 18.0 Å². The van der Waals surface area contributed by atoms with Crippen molar-refractivity contribution >= 4 is 11.6 Å². The number of benzene rings is 2. The molecule has 20 heavy (non-hydrogen) atoms. The van der Waals surface area contributed by atoms with E-state index in [1.165, 1.54) is 0 Å². The van der Waals surface area contributed by atoms with Crippen LogP contribution in [0.1, 0.15) is 29.7 Å². The minimum atomic E-state index is -0.674. The van der Waals surface area contributed by atoms with E-state index >= 15 is 0 Å². The molecule has 0 saturated heterocycles. The maximum Gasteiger partial charge on any atom is 0.126 e. The fraction of sp³-hybridized carbons (Fsp3) is 0.294. The lowest BCUT2D eigenvalue weighted by Crippen LogP contribution is -2.21. The molecule has 1 N–H and O–H groups in total. The predicted octanol–water partition coefficient (Wildman–Crippen LogP) is 4.46. The molecule has 2 aromatic carbocycles. The second-order valence-electron chi connectivity index (χ2n) is 5.15. The lowest BCUT2D eigenvalue weighted by molar-refractivity contribution is 0.0467. The van der Waals surface area contributed by atoms with Crippen LogP contribution in [0.5, 0.6) is 5.75 Å². The zero-order valence-electron chi connectivity index (χ0n) is 11.9. The molecule has 0 aromatic heterocycles. The molecular weight excluding hydrogens is 272 g/mol. The van der Waals surface area contributed by atoms with Crippen molar-refractivity contribution in [3.63, 3.8) is 0 Å². The largest absolute Gasteiger partial charge is 0.488 e. The Bertz CT molecular complexity index is 575. The standard InChI is InChI=1S/C17H19ClO2/c1-11-7-12(2)9-14(8-11)17(19)13(3)20-16-6-4-5-15(18)10-16/h4-10,13,17,19H,1-3H3. The first-order chi connectivity index (χ1) is 9.45. The molecule has 0 saturated carbocycles. The first kappa shape index (κ1) is 14.9. The Hall–Kier alpha value is -1.51. The van der Waals surface area contributed by atoms with Crippen molar-refractivity contribution in [1.82, 2.24) is 0 Å². The number of aliphatic hydroxyl groups excluding tert-OH is 1. The summed E-state index contributed by atoms with van der Waals surface area (Å²) in [6.45, 7) is 5.89. The van der Waals surface area contributed by atoms with Crippen LogP contribution in [0.25, 0.3) is 0 Å². The predicted molar refractivity (Wildman–Crippen MR) is 82.4 cm³/mol. The molecule has 0 spiro atoms. The summed E-state index contributed by atoms with van der Waals surface area (Å²) in [7, 11) is 0. The molecule has 2 atom stereocenters. The van der Waals surface area contributed by atoms with Gasteiger partial charge in [-0.05, 0) is 44.5 Å². The summed E-state index contributed by atoms with van der Waals surface area (Å²) in [4.78, 5) is 0. The maximum absolute atomic E-state index is 10.4. The normalized spacial score (nSPS) is 13.8. The third-order valence-electron chi connectivity index (χ3n) is 3.15. The molecular formula is C17H19ClO2. The summed E-state index contributed by atoms with van der Waals surface area (Å²) in [6, 6.07) is 13.2. The highest BCUT2D eigenvalue weighted by Gasteiger charge is 2.18. The zero-order chi connectivity index (χ0) is 14.7. The third kappa shape index (κ3) is 3.75. The van der Waals surface area contributed by atoms with E-state index in [1.807, 2.05) is 45.0 Å². The molecule has 0 radical (unpaired) electrons. The van der Waals surface area contributed by atoms with Gasteiger partial charge in [0, 0.05) is 5.02 Å². The third-order valence-corrected chi connectivity index (χ3v) is 3.38. The molecule has 106 valence electrons. The molecule has 0 aliphatic heterocycles. The molecule has 0 aliphatic rings. The van der Waals surface area contributed by atoms with Crippen molar-refractivity contribution in [3.8, 4) is 5.75 Å². The van der Waals surface area contributed by atoms with E-state index < -0.39 is 6.10 Å². The molecule has 2 aromatic rings. The summed E-state index contributed by atoms with van der Waals surface area (Å²) in [6.07, 6.45) is -1.03. The van der Waals surface area contributed by atoms with Gasteiger partial charge >= 0.3 is 0 Å². The molecule has 0 heterocycles. The van der Waals surface area contributed by atoms with Gasteiger partial charge in [-0.25, -0.2) is 0 Å². The molecule has 0 aliphatic carbocycles. The highest BCUT2D eigenvalue weighted by atomic mass is 35.5. The van der Waals surface area contributed by atoms with Crippen LogP contribution >= 0.6 is 11.6 Å². The van der Waals surface area contributed by atoms with Gasteiger partial charge in [-0.1, -0.05) is 47.0 Å². The fourth-order valence-electron chi connectivity index (χ4n) is 2.27. The molecule has 2 nitrogen and oxygen atoms in total. The Labute approximate surface area is 125 Å². The summed E-state index contributed by atoms with van der Waals surface area (Å²) in [5.41, 5.74) is 3.14. The average Bonchev–Trinajstić information content (AvgIpc) is 2.36. The summed E-state index contributed by atoms with van der Waals surface area (Å²) < 4.78 is 5.76. The Kier molecular flexibility index (Phi) is 4.69. The fourth-order valence-corrected chi connectivity index (χ4v) is 2.45. The van der Waals surface area contributed by atoms with Crippen LogP contribution < -0.4 is 4.74 Å². The Morgan fingerprint density at radius 3 is 2.30 bits per heavy atom. The van der Waals surface area contributed by atoms with E-state index in [0.717, 1.165) is 16.7 Å². The summed E-state index contributed by atoms with van der Waals surface area (Å²) in [5, 5.41) is 11.0. The van der Waals surface area contributed by atoms with Crippen molar-refractivity contribution in [2.45, 2.75) is 33.0 Å². The first-order valence-corrected chi connectivity index (χ1v) is 7.02. The molecule has 0 amide bonds. The van der Waals surface area contributed by atoms with Crippen LogP contribution in [0.15, 0.2) is 42.5 Å².